The van der Waals surface area contributed by atoms with Gasteiger partial charge in [0.15, 0.2) is 0 Å². The second-order valence-corrected chi connectivity index (χ2v) is 7.27. The molecule has 0 radical (unpaired) electrons. The average Bonchev–Trinajstić information content (AvgIpc) is 2.64. The third kappa shape index (κ3) is 5.40. The van der Waals surface area contributed by atoms with Crippen LogP contribution in [0.15, 0.2) is 18.2 Å². The molecule has 3 rings (SSSR count). The number of ether oxygens (including phenoxy) is 3. The van der Waals surface area contributed by atoms with Crippen LogP contribution in [0.5, 0.6) is 0 Å². The number of hydrogen-bond acceptors (Lipinski definition) is 4. The van der Waals surface area contributed by atoms with Gasteiger partial charge >= 0.3 is 6.18 Å². The minimum atomic E-state index is -4.41. The lowest BCUT2D eigenvalue weighted by Gasteiger charge is -2.40. The number of benzene rings is 1. The number of rotatable bonds is 5. The van der Waals surface area contributed by atoms with E-state index in [-0.39, 0.29) is 18.8 Å². The third-order valence-corrected chi connectivity index (χ3v) is 5.27. The fraction of sp³-hybridized carbons (Fsp3) is 0.619. The van der Waals surface area contributed by atoms with Crippen molar-refractivity contribution in [3.8, 4) is 11.8 Å². The van der Waals surface area contributed by atoms with Crippen molar-refractivity contribution in [2.75, 3.05) is 38.8 Å². The third-order valence-electron chi connectivity index (χ3n) is 5.27. The van der Waals surface area contributed by atoms with Crippen LogP contribution in [-0.2, 0) is 20.4 Å². The van der Waals surface area contributed by atoms with Gasteiger partial charge in [-0.05, 0) is 43.9 Å². The Morgan fingerprint density at radius 3 is 2.36 bits per heavy atom. The molecule has 1 aliphatic heterocycles. The summed E-state index contributed by atoms with van der Waals surface area (Å²) in [6.07, 6.45) is -0.250. The van der Waals surface area contributed by atoms with Crippen LogP contribution >= 0.6 is 0 Å². The van der Waals surface area contributed by atoms with Gasteiger partial charge in [0, 0.05) is 38.6 Å². The predicted octanol–water partition coefficient (Wildman–Crippen LogP) is 3.87. The summed E-state index contributed by atoms with van der Waals surface area (Å²) >= 11 is 0. The van der Waals surface area contributed by atoms with Crippen molar-refractivity contribution in [2.45, 2.75) is 50.2 Å². The molecule has 0 atom stereocenters. The van der Waals surface area contributed by atoms with Gasteiger partial charge in [0.1, 0.15) is 6.61 Å². The number of hydrogen-bond donors (Lipinski definition) is 0. The number of anilines is 1. The summed E-state index contributed by atoms with van der Waals surface area (Å²) in [7, 11) is 3.21. The Labute approximate surface area is 163 Å². The van der Waals surface area contributed by atoms with E-state index in [0.29, 0.717) is 30.4 Å². The van der Waals surface area contributed by atoms with Crippen LogP contribution in [0.2, 0.25) is 0 Å². The van der Waals surface area contributed by atoms with E-state index in [9.17, 15) is 13.2 Å². The number of nitrogens with zero attached hydrogens (tertiary/aromatic N) is 1. The van der Waals surface area contributed by atoms with Gasteiger partial charge in [-0.15, -0.1) is 0 Å². The van der Waals surface area contributed by atoms with Gasteiger partial charge in [-0.2, -0.15) is 13.2 Å². The highest BCUT2D eigenvalue weighted by Gasteiger charge is 2.34. The van der Waals surface area contributed by atoms with Gasteiger partial charge in [0.25, 0.3) is 0 Å². The average molecular weight is 397 g/mol. The van der Waals surface area contributed by atoms with Gasteiger partial charge in [0.05, 0.1) is 23.9 Å². The maximum atomic E-state index is 13.3. The highest BCUT2D eigenvalue weighted by molar-refractivity contribution is 5.56. The van der Waals surface area contributed by atoms with E-state index in [1.54, 1.807) is 13.2 Å². The second kappa shape index (κ2) is 9.17. The minimum absolute atomic E-state index is 0.158. The van der Waals surface area contributed by atoms with Crippen molar-refractivity contribution in [1.29, 1.82) is 0 Å². The topological polar surface area (TPSA) is 30.9 Å². The van der Waals surface area contributed by atoms with Crippen LogP contribution in [0, 0.1) is 11.8 Å². The Kier molecular flexibility index (Phi) is 6.86. The van der Waals surface area contributed by atoms with E-state index < -0.39 is 11.7 Å². The monoisotopic (exact) mass is 397 g/mol. The van der Waals surface area contributed by atoms with Crippen LogP contribution in [0.25, 0.3) is 0 Å². The fourth-order valence-electron chi connectivity index (χ4n) is 3.58. The normalized spacial score (nSPS) is 23.1. The molecule has 0 bridgehead atoms. The van der Waals surface area contributed by atoms with Crippen molar-refractivity contribution in [3.05, 3.63) is 29.3 Å². The molecule has 0 amide bonds. The highest BCUT2D eigenvalue weighted by atomic mass is 19.4. The maximum Gasteiger partial charge on any atom is 0.416 e. The second-order valence-electron chi connectivity index (χ2n) is 7.27. The lowest BCUT2D eigenvalue weighted by Crippen LogP contribution is -2.43. The summed E-state index contributed by atoms with van der Waals surface area (Å²) in [6.45, 7) is 1.51. The van der Waals surface area contributed by atoms with Crippen molar-refractivity contribution in [1.82, 2.24) is 0 Å². The Balaban J connectivity index is 1.64. The minimum Gasteiger partial charge on any atom is -0.381 e. The maximum absolute atomic E-state index is 13.3. The number of piperidine rings is 1. The molecule has 7 heteroatoms. The molecule has 2 aliphatic rings. The van der Waals surface area contributed by atoms with E-state index in [4.69, 9.17) is 14.2 Å². The standard InChI is InChI=1S/C21H26F3NO3/c1-26-9-3-4-15-10-16(21(22,23)24)12-17(11-15)25-7-5-18(6-8-25)28-20-13-19(14-20)27-2/h10-12,18-20H,5-9,13-14H2,1-2H3. The van der Waals surface area contributed by atoms with Gasteiger partial charge in [-0.25, -0.2) is 0 Å². The summed E-state index contributed by atoms with van der Waals surface area (Å²) in [5.41, 5.74) is 0.226. The van der Waals surface area contributed by atoms with E-state index in [2.05, 4.69) is 11.8 Å². The van der Waals surface area contributed by atoms with Gasteiger partial charge < -0.3 is 19.1 Å². The lowest BCUT2D eigenvalue weighted by molar-refractivity contribution is -0.137. The van der Waals surface area contributed by atoms with Crippen molar-refractivity contribution in [3.63, 3.8) is 0 Å². The van der Waals surface area contributed by atoms with Crippen LogP contribution in [0.3, 0.4) is 0 Å². The zero-order valence-corrected chi connectivity index (χ0v) is 16.2. The Hall–Kier alpha value is -1.75. The molecule has 2 fully saturated rings. The van der Waals surface area contributed by atoms with Gasteiger partial charge in [-0.3, -0.25) is 0 Å². The first-order chi connectivity index (χ1) is 13.4. The smallest absolute Gasteiger partial charge is 0.381 e. The van der Waals surface area contributed by atoms with E-state index in [0.717, 1.165) is 31.7 Å². The van der Waals surface area contributed by atoms with Crippen molar-refractivity contribution >= 4 is 5.69 Å². The lowest BCUT2D eigenvalue weighted by atomic mass is 9.91. The number of methoxy groups -OCH3 is 2. The largest absolute Gasteiger partial charge is 0.416 e. The molecular formula is C21H26F3NO3. The highest BCUT2D eigenvalue weighted by Crippen LogP contribution is 2.34. The van der Waals surface area contributed by atoms with E-state index in [1.165, 1.54) is 13.2 Å². The molecule has 0 aromatic heterocycles. The number of halogens is 3. The molecule has 1 saturated carbocycles. The molecule has 1 aliphatic carbocycles. The molecule has 0 N–H and O–H groups in total. The SMILES string of the molecule is COCC#Cc1cc(N2CCC(OC3CC(OC)C3)CC2)cc(C(F)(F)F)c1. The fourth-order valence-corrected chi connectivity index (χ4v) is 3.58. The zero-order chi connectivity index (χ0) is 20.1. The van der Waals surface area contributed by atoms with Gasteiger partial charge in [0.2, 0.25) is 0 Å². The molecule has 0 unspecified atom stereocenters. The Morgan fingerprint density at radius 1 is 1.04 bits per heavy atom. The quantitative estimate of drug-likeness (QED) is 0.706. The molecule has 1 heterocycles. The van der Waals surface area contributed by atoms with Crippen LogP contribution in [-0.4, -0.2) is 52.2 Å². The summed E-state index contributed by atoms with van der Waals surface area (Å²) in [5.74, 6) is 5.48. The van der Waals surface area contributed by atoms with E-state index in [1.807, 2.05) is 4.90 Å². The molecule has 4 nitrogen and oxygen atoms in total. The van der Waals surface area contributed by atoms with Crippen LogP contribution in [0.1, 0.15) is 36.8 Å². The first-order valence-corrected chi connectivity index (χ1v) is 9.52. The van der Waals surface area contributed by atoms with Gasteiger partial charge in [-0.1, -0.05) is 11.8 Å². The van der Waals surface area contributed by atoms with Crippen molar-refractivity contribution in [2.24, 2.45) is 0 Å². The summed E-state index contributed by atoms with van der Waals surface area (Å²) in [5, 5.41) is 0. The zero-order valence-electron chi connectivity index (χ0n) is 16.2. The predicted molar refractivity (Wildman–Crippen MR) is 100 cm³/mol. The number of alkyl halides is 3. The summed E-state index contributed by atoms with van der Waals surface area (Å²) in [4.78, 5) is 1.98. The molecule has 28 heavy (non-hydrogen) atoms. The molecule has 1 aromatic carbocycles. The summed E-state index contributed by atoms with van der Waals surface area (Å²) < 4.78 is 56.1. The molecule has 154 valence electrons. The van der Waals surface area contributed by atoms with Crippen LogP contribution in [0.4, 0.5) is 18.9 Å². The Morgan fingerprint density at radius 2 is 1.75 bits per heavy atom. The first-order valence-electron chi connectivity index (χ1n) is 9.52. The molecule has 1 aromatic rings. The van der Waals surface area contributed by atoms with Crippen molar-refractivity contribution < 1.29 is 27.4 Å². The molecule has 1 saturated heterocycles. The first kappa shape index (κ1) is 21.0. The van der Waals surface area contributed by atoms with Crippen LogP contribution < -0.4 is 4.90 Å². The molecule has 0 spiro atoms. The Bertz CT molecular complexity index is 712. The summed E-state index contributed by atoms with van der Waals surface area (Å²) in [6, 6.07) is 4.01. The molecular weight excluding hydrogens is 371 g/mol. The van der Waals surface area contributed by atoms with E-state index >= 15 is 0 Å².